The van der Waals surface area contributed by atoms with Gasteiger partial charge in [-0.25, -0.2) is 13.2 Å². The molecule has 0 bridgehead atoms. The Bertz CT molecular complexity index is 1310. The van der Waals surface area contributed by atoms with E-state index in [0.29, 0.717) is 44.6 Å². The van der Waals surface area contributed by atoms with Crippen LogP contribution in [0.15, 0.2) is 66.7 Å². The van der Waals surface area contributed by atoms with E-state index in [0.717, 1.165) is 11.1 Å². The van der Waals surface area contributed by atoms with Crippen molar-refractivity contribution in [1.29, 1.82) is 0 Å². The molecular weight excluding hydrogens is 489 g/mol. The topological polar surface area (TPSA) is 40.6 Å². The molecule has 2 heterocycles. The highest BCUT2D eigenvalue weighted by Crippen LogP contribution is 2.46. The summed E-state index contributed by atoms with van der Waals surface area (Å²) in [6.07, 6.45) is 1.27. The molecule has 0 N–H and O–H groups in total. The van der Waals surface area contributed by atoms with Crippen LogP contribution in [0.5, 0.6) is 0 Å². The monoisotopic (exact) mass is 520 g/mol. The van der Waals surface area contributed by atoms with Gasteiger partial charge >= 0.3 is 0 Å². The maximum Gasteiger partial charge on any atom is 0.225 e. The maximum absolute atomic E-state index is 14.4. The largest absolute Gasteiger partial charge is 0.343 e. The van der Waals surface area contributed by atoms with Crippen LogP contribution in [0.4, 0.5) is 13.2 Å². The van der Waals surface area contributed by atoms with Crippen molar-refractivity contribution < 1.29 is 22.8 Å². The van der Waals surface area contributed by atoms with Crippen molar-refractivity contribution in [2.75, 3.05) is 26.2 Å². The summed E-state index contributed by atoms with van der Waals surface area (Å²) < 4.78 is 42.5. The summed E-state index contributed by atoms with van der Waals surface area (Å²) in [6.45, 7) is 5.73. The molecule has 2 aliphatic heterocycles. The number of piperidine rings is 1. The van der Waals surface area contributed by atoms with E-state index in [4.69, 9.17) is 0 Å². The number of amides is 2. The molecule has 0 saturated carbocycles. The van der Waals surface area contributed by atoms with Gasteiger partial charge in [-0.1, -0.05) is 49.4 Å². The van der Waals surface area contributed by atoms with E-state index in [1.165, 1.54) is 30.3 Å². The van der Waals surface area contributed by atoms with Crippen molar-refractivity contribution in [3.8, 4) is 11.1 Å². The highest BCUT2D eigenvalue weighted by molar-refractivity contribution is 5.80. The molecule has 2 amide bonds. The zero-order valence-corrected chi connectivity index (χ0v) is 21.6. The molecule has 3 aromatic carbocycles. The van der Waals surface area contributed by atoms with Gasteiger partial charge in [0.15, 0.2) is 0 Å². The first-order valence-electron chi connectivity index (χ1n) is 13.0. The fourth-order valence-corrected chi connectivity index (χ4v) is 6.11. The minimum Gasteiger partial charge on any atom is -0.343 e. The SMILES string of the molecule is CC(=O)N1CCC(C(=O)N2C[C@@H](c3ccc(-c4c(F)cccc4F)cc3)[C@@](C)(c3ccc(F)cc3)C2)CC1. The molecule has 0 aliphatic carbocycles. The molecule has 2 saturated heterocycles. The fourth-order valence-electron chi connectivity index (χ4n) is 6.11. The number of nitrogens with zero attached hydrogens (tertiary/aromatic N) is 2. The summed E-state index contributed by atoms with van der Waals surface area (Å²) >= 11 is 0. The zero-order chi connectivity index (χ0) is 27.0. The molecule has 38 heavy (non-hydrogen) atoms. The molecule has 5 rings (SSSR count). The lowest BCUT2D eigenvalue weighted by Crippen LogP contribution is -2.43. The zero-order valence-electron chi connectivity index (χ0n) is 21.6. The van der Waals surface area contributed by atoms with Gasteiger partial charge in [0.1, 0.15) is 17.5 Å². The molecule has 0 aromatic heterocycles. The maximum atomic E-state index is 14.4. The smallest absolute Gasteiger partial charge is 0.225 e. The van der Waals surface area contributed by atoms with Crippen LogP contribution in [0.2, 0.25) is 0 Å². The van der Waals surface area contributed by atoms with Crippen molar-refractivity contribution in [2.24, 2.45) is 5.92 Å². The van der Waals surface area contributed by atoms with Gasteiger partial charge in [0.05, 0.1) is 5.56 Å². The number of carbonyl (C=O) groups excluding carboxylic acids is 2. The number of benzene rings is 3. The second-order valence-corrected chi connectivity index (χ2v) is 10.7. The first-order chi connectivity index (χ1) is 18.2. The quantitative estimate of drug-likeness (QED) is 0.429. The third-order valence-corrected chi connectivity index (χ3v) is 8.36. The van der Waals surface area contributed by atoms with Crippen LogP contribution >= 0.6 is 0 Å². The van der Waals surface area contributed by atoms with Crippen LogP contribution in [0.1, 0.15) is 43.7 Å². The lowest BCUT2D eigenvalue weighted by molar-refractivity contribution is -0.139. The third-order valence-electron chi connectivity index (χ3n) is 8.36. The lowest BCUT2D eigenvalue weighted by Gasteiger charge is -2.33. The van der Waals surface area contributed by atoms with Crippen LogP contribution < -0.4 is 0 Å². The summed E-state index contributed by atoms with van der Waals surface area (Å²) in [6, 6.07) is 17.4. The third kappa shape index (κ3) is 4.82. The molecule has 198 valence electrons. The predicted molar refractivity (Wildman–Crippen MR) is 140 cm³/mol. The van der Waals surface area contributed by atoms with E-state index in [-0.39, 0.29) is 35.0 Å². The Balaban J connectivity index is 1.44. The Morgan fingerprint density at radius 3 is 2.03 bits per heavy atom. The van der Waals surface area contributed by atoms with Gasteiger partial charge in [0.25, 0.3) is 0 Å². The van der Waals surface area contributed by atoms with E-state index in [9.17, 15) is 22.8 Å². The van der Waals surface area contributed by atoms with E-state index in [1.54, 1.807) is 36.1 Å². The number of hydrogen-bond acceptors (Lipinski definition) is 2. The second kappa shape index (κ2) is 10.3. The van der Waals surface area contributed by atoms with Crippen molar-refractivity contribution in [1.82, 2.24) is 9.80 Å². The first kappa shape index (κ1) is 26.0. The summed E-state index contributed by atoms with van der Waals surface area (Å²) in [5.41, 5.74) is 1.75. The molecule has 0 radical (unpaired) electrons. The highest BCUT2D eigenvalue weighted by atomic mass is 19.1. The highest BCUT2D eigenvalue weighted by Gasteiger charge is 2.47. The fraction of sp³-hybridized carbons (Fsp3) is 0.355. The summed E-state index contributed by atoms with van der Waals surface area (Å²) in [5.74, 6) is -1.71. The number of rotatable bonds is 4. The Kier molecular flexibility index (Phi) is 7.03. The number of carbonyl (C=O) groups is 2. The van der Waals surface area contributed by atoms with Crippen molar-refractivity contribution >= 4 is 11.8 Å². The van der Waals surface area contributed by atoms with Crippen molar-refractivity contribution in [3.63, 3.8) is 0 Å². The molecule has 0 spiro atoms. The average Bonchev–Trinajstić information content (AvgIpc) is 3.27. The summed E-state index contributed by atoms with van der Waals surface area (Å²) in [4.78, 5) is 29.0. The molecular formula is C31H31F3N2O2. The van der Waals surface area contributed by atoms with Gasteiger partial charge in [-0.05, 0) is 53.8 Å². The van der Waals surface area contributed by atoms with E-state index < -0.39 is 17.0 Å². The van der Waals surface area contributed by atoms with Crippen LogP contribution in [0.25, 0.3) is 11.1 Å². The van der Waals surface area contributed by atoms with E-state index in [2.05, 4.69) is 6.92 Å². The van der Waals surface area contributed by atoms with Crippen LogP contribution in [-0.2, 0) is 15.0 Å². The average molecular weight is 521 g/mol. The minimum atomic E-state index is -0.623. The number of halogens is 3. The van der Waals surface area contributed by atoms with Crippen molar-refractivity contribution in [3.05, 3.63) is 95.3 Å². The lowest BCUT2D eigenvalue weighted by atomic mass is 9.71. The predicted octanol–water partition coefficient (Wildman–Crippen LogP) is 5.91. The molecule has 3 aromatic rings. The van der Waals surface area contributed by atoms with Gasteiger partial charge in [0, 0.05) is 50.4 Å². The minimum absolute atomic E-state index is 0.0275. The standard InChI is InChI=1S/C31H31F3N2O2/c1-20(37)35-16-14-23(15-17-35)30(38)36-18-26(31(2,19-36)24-10-12-25(32)13-11-24)21-6-8-22(9-7-21)29-27(33)4-3-5-28(29)34/h3-13,23,26H,14-19H2,1-2H3/t26-,31+/m0/s1. The summed E-state index contributed by atoms with van der Waals surface area (Å²) in [7, 11) is 0. The second-order valence-electron chi connectivity index (χ2n) is 10.7. The Morgan fingerprint density at radius 2 is 1.45 bits per heavy atom. The summed E-state index contributed by atoms with van der Waals surface area (Å²) in [5, 5.41) is 0. The van der Waals surface area contributed by atoms with E-state index >= 15 is 0 Å². The van der Waals surface area contributed by atoms with Crippen LogP contribution in [-0.4, -0.2) is 47.8 Å². The van der Waals surface area contributed by atoms with Gasteiger partial charge in [-0.15, -0.1) is 0 Å². The molecule has 4 nitrogen and oxygen atoms in total. The molecule has 2 atom stereocenters. The molecule has 2 aliphatic rings. The molecule has 7 heteroatoms. The Labute approximate surface area is 221 Å². The number of hydrogen-bond donors (Lipinski definition) is 0. The van der Waals surface area contributed by atoms with Gasteiger partial charge < -0.3 is 9.80 Å². The first-order valence-corrected chi connectivity index (χ1v) is 13.0. The van der Waals surface area contributed by atoms with E-state index in [1.807, 2.05) is 17.0 Å². The number of likely N-dealkylation sites (tertiary alicyclic amines) is 2. The Morgan fingerprint density at radius 1 is 0.842 bits per heavy atom. The molecule has 0 unspecified atom stereocenters. The van der Waals surface area contributed by atoms with Crippen LogP contribution in [0, 0.1) is 23.4 Å². The van der Waals surface area contributed by atoms with Gasteiger partial charge in [-0.2, -0.15) is 0 Å². The normalized spacial score (nSPS) is 22.1. The van der Waals surface area contributed by atoms with Crippen molar-refractivity contribution in [2.45, 2.75) is 38.0 Å². The van der Waals surface area contributed by atoms with Gasteiger partial charge in [-0.3, -0.25) is 9.59 Å². The Hall–Kier alpha value is -3.61. The molecule has 2 fully saturated rings. The van der Waals surface area contributed by atoms with Gasteiger partial charge in [0.2, 0.25) is 11.8 Å². The van der Waals surface area contributed by atoms with Crippen LogP contribution in [0.3, 0.4) is 0 Å².